The number of fused-ring (bicyclic) bond motifs is 2. The number of hydrogen-bond donors (Lipinski definition) is 1. The van der Waals surface area contributed by atoms with Gasteiger partial charge in [-0.1, -0.05) is 0 Å². The molecule has 2 aliphatic heterocycles. The molecule has 0 saturated carbocycles. The van der Waals surface area contributed by atoms with Crippen molar-refractivity contribution < 1.29 is 4.79 Å². The van der Waals surface area contributed by atoms with E-state index >= 15 is 0 Å². The van der Waals surface area contributed by atoms with Gasteiger partial charge in [-0.05, 0) is 40.0 Å². The number of amides is 1. The van der Waals surface area contributed by atoms with Gasteiger partial charge < -0.3 is 10.6 Å². The van der Waals surface area contributed by atoms with E-state index in [1.807, 2.05) is 4.90 Å². The summed E-state index contributed by atoms with van der Waals surface area (Å²) in [4.78, 5) is 16.6. The van der Waals surface area contributed by atoms with Gasteiger partial charge in [0.15, 0.2) is 0 Å². The minimum Gasteiger partial charge on any atom is -0.340 e. The van der Waals surface area contributed by atoms with Crippen LogP contribution in [0.2, 0.25) is 0 Å². The third kappa shape index (κ3) is 2.47. The van der Waals surface area contributed by atoms with Gasteiger partial charge in [0, 0.05) is 31.2 Å². The van der Waals surface area contributed by atoms with E-state index in [0.29, 0.717) is 18.1 Å². The van der Waals surface area contributed by atoms with Crippen molar-refractivity contribution in [3.8, 4) is 0 Å². The van der Waals surface area contributed by atoms with Crippen molar-refractivity contribution in [2.24, 2.45) is 5.73 Å². The molecule has 2 fully saturated rings. The molecule has 0 aromatic carbocycles. The Hall–Kier alpha value is -0.610. The highest BCUT2D eigenvalue weighted by molar-refractivity contribution is 5.81. The Labute approximate surface area is 104 Å². The van der Waals surface area contributed by atoms with Crippen molar-refractivity contribution in [2.75, 3.05) is 13.1 Å². The average molecular weight is 239 g/mol. The normalized spacial score (nSPS) is 31.7. The third-order valence-electron chi connectivity index (χ3n) is 4.14. The van der Waals surface area contributed by atoms with Gasteiger partial charge >= 0.3 is 0 Å². The van der Waals surface area contributed by atoms with Crippen LogP contribution in [-0.4, -0.2) is 53.0 Å². The summed E-state index contributed by atoms with van der Waals surface area (Å²) in [5.74, 6) is 0.112. The van der Waals surface area contributed by atoms with Crippen molar-refractivity contribution >= 4 is 5.91 Å². The lowest BCUT2D eigenvalue weighted by Crippen LogP contribution is -2.47. The molecular weight excluding hydrogens is 214 g/mol. The molecule has 3 atom stereocenters. The summed E-state index contributed by atoms with van der Waals surface area (Å²) in [5.41, 5.74) is 5.71. The molecule has 4 heteroatoms. The second-order valence-corrected chi connectivity index (χ2v) is 5.79. The Balaban J connectivity index is 2.08. The van der Waals surface area contributed by atoms with Crippen molar-refractivity contribution in [1.82, 2.24) is 9.80 Å². The lowest BCUT2D eigenvalue weighted by atomic mass is 10.1. The first kappa shape index (κ1) is 12.8. The molecule has 4 nitrogen and oxygen atoms in total. The maximum absolute atomic E-state index is 12.0. The molecule has 0 aromatic rings. The average Bonchev–Trinajstić information content (AvgIpc) is 2.52. The van der Waals surface area contributed by atoms with Gasteiger partial charge in [-0.2, -0.15) is 0 Å². The topological polar surface area (TPSA) is 49.6 Å². The summed E-state index contributed by atoms with van der Waals surface area (Å²) in [7, 11) is 0. The SMILES string of the molecule is CC(C)N1C2CCC1CN(C(=O)[C@@H](C)N)CC2. The summed E-state index contributed by atoms with van der Waals surface area (Å²) in [6, 6.07) is 1.44. The minimum absolute atomic E-state index is 0.112. The van der Waals surface area contributed by atoms with Crippen LogP contribution < -0.4 is 5.73 Å². The van der Waals surface area contributed by atoms with E-state index in [0.717, 1.165) is 19.5 Å². The largest absolute Gasteiger partial charge is 0.340 e. The highest BCUT2D eigenvalue weighted by Crippen LogP contribution is 2.32. The molecule has 2 saturated heterocycles. The molecule has 0 aromatic heterocycles. The van der Waals surface area contributed by atoms with Crippen LogP contribution in [0, 0.1) is 0 Å². The van der Waals surface area contributed by atoms with Crippen molar-refractivity contribution in [3.63, 3.8) is 0 Å². The summed E-state index contributed by atoms with van der Waals surface area (Å²) < 4.78 is 0. The molecule has 0 spiro atoms. The van der Waals surface area contributed by atoms with Gasteiger partial charge in [-0.15, -0.1) is 0 Å². The monoisotopic (exact) mass is 239 g/mol. The first-order valence-corrected chi connectivity index (χ1v) is 6.82. The van der Waals surface area contributed by atoms with E-state index in [1.54, 1.807) is 6.92 Å². The van der Waals surface area contributed by atoms with Gasteiger partial charge in [-0.3, -0.25) is 9.69 Å². The lowest BCUT2D eigenvalue weighted by Gasteiger charge is -2.32. The first-order chi connectivity index (χ1) is 8.00. The van der Waals surface area contributed by atoms with Gasteiger partial charge in [-0.25, -0.2) is 0 Å². The fourth-order valence-electron chi connectivity index (χ4n) is 3.44. The number of hydrogen-bond acceptors (Lipinski definition) is 3. The highest BCUT2D eigenvalue weighted by atomic mass is 16.2. The van der Waals surface area contributed by atoms with E-state index in [1.165, 1.54) is 12.8 Å². The van der Waals surface area contributed by atoms with Crippen molar-refractivity contribution in [3.05, 3.63) is 0 Å². The zero-order valence-electron chi connectivity index (χ0n) is 11.2. The molecule has 2 unspecified atom stereocenters. The Kier molecular flexibility index (Phi) is 3.73. The number of carbonyl (C=O) groups excluding carboxylic acids is 1. The second kappa shape index (κ2) is 4.94. The molecular formula is C13H25N3O. The Morgan fingerprint density at radius 1 is 1.18 bits per heavy atom. The maximum Gasteiger partial charge on any atom is 0.239 e. The van der Waals surface area contributed by atoms with Crippen LogP contribution in [0.4, 0.5) is 0 Å². The van der Waals surface area contributed by atoms with Gasteiger partial charge in [0.05, 0.1) is 6.04 Å². The first-order valence-electron chi connectivity index (χ1n) is 6.82. The molecule has 2 aliphatic rings. The van der Waals surface area contributed by atoms with Crippen LogP contribution in [-0.2, 0) is 4.79 Å². The second-order valence-electron chi connectivity index (χ2n) is 5.79. The summed E-state index contributed by atoms with van der Waals surface area (Å²) in [6.07, 6.45) is 3.63. The Morgan fingerprint density at radius 3 is 2.41 bits per heavy atom. The third-order valence-corrected chi connectivity index (χ3v) is 4.14. The minimum atomic E-state index is -0.362. The number of rotatable bonds is 2. The predicted molar refractivity (Wildman–Crippen MR) is 68.6 cm³/mol. The van der Waals surface area contributed by atoms with Gasteiger partial charge in [0.1, 0.15) is 0 Å². The number of nitrogens with two attached hydrogens (primary N) is 1. The Morgan fingerprint density at radius 2 is 1.82 bits per heavy atom. The van der Waals surface area contributed by atoms with E-state index < -0.39 is 0 Å². The quantitative estimate of drug-likeness (QED) is 0.775. The smallest absolute Gasteiger partial charge is 0.239 e. The summed E-state index contributed by atoms with van der Waals surface area (Å²) in [5, 5.41) is 0. The van der Waals surface area contributed by atoms with Crippen LogP contribution in [0.3, 0.4) is 0 Å². The number of nitrogens with zero attached hydrogens (tertiary/aromatic N) is 2. The van der Waals surface area contributed by atoms with Crippen LogP contribution in [0.5, 0.6) is 0 Å². The molecule has 98 valence electrons. The fourth-order valence-corrected chi connectivity index (χ4v) is 3.44. The van der Waals surface area contributed by atoms with Crippen LogP contribution in [0.25, 0.3) is 0 Å². The van der Waals surface area contributed by atoms with E-state index in [-0.39, 0.29) is 11.9 Å². The maximum atomic E-state index is 12.0. The molecule has 2 bridgehead atoms. The van der Waals surface area contributed by atoms with Crippen LogP contribution in [0.1, 0.15) is 40.0 Å². The van der Waals surface area contributed by atoms with Gasteiger partial charge in [0.25, 0.3) is 0 Å². The molecule has 0 aliphatic carbocycles. The molecule has 2 heterocycles. The van der Waals surface area contributed by atoms with Crippen LogP contribution >= 0.6 is 0 Å². The standard InChI is InChI=1S/C13H25N3O/c1-9(2)16-11-4-5-12(16)8-15(7-6-11)13(17)10(3)14/h9-12H,4-8,14H2,1-3H3/t10-,11?,12?/m1/s1. The molecule has 2 N–H and O–H groups in total. The van der Waals surface area contributed by atoms with Crippen LogP contribution in [0.15, 0.2) is 0 Å². The fraction of sp³-hybridized carbons (Fsp3) is 0.923. The van der Waals surface area contributed by atoms with Crippen molar-refractivity contribution in [1.29, 1.82) is 0 Å². The van der Waals surface area contributed by atoms with E-state index in [2.05, 4.69) is 18.7 Å². The molecule has 1 amide bonds. The predicted octanol–water partition coefficient (Wildman–Crippen LogP) is 0.807. The van der Waals surface area contributed by atoms with E-state index in [4.69, 9.17) is 5.73 Å². The molecule has 0 radical (unpaired) electrons. The summed E-state index contributed by atoms with van der Waals surface area (Å²) in [6.45, 7) is 8.05. The van der Waals surface area contributed by atoms with Gasteiger partial charge in [0.2, 0.25) is 5.91 Å². The van der Waals surface area contributed by atoms with E-state index in [9.17, 15) is 4.79 Å². The highest BCUT2D eigenvalue weighted by Gasteiger charge is 2.39. The zero-order valence-corrected chi connectivity index (χ0v) is 11.2. The number of likely N-dealkylation sites (tertiary alicyclic amines) is 1. The lowest BCUT2D eigenvalue weighted by molar-refractivity contribution is -0.132. The number of carbonyl (C=O) groups is 1. The molecule has 2 rings (SSSR count). The Bertz CT molecular complexity index is 290. The zero-order chi connectivity index (χ0) is 12.6. The van der Waals surface area contributed by atoms with Crippen molar-refractivity contribution in [2.45, 2.75) is 64.2 Å². The summed E-state index contributed by atoms with van der Waals surface area (Å²) >= 11 is 0. The molecule has 17 heavy (non-hydrogen) atoms.